The minimum Gasteiger partial charge on any atom is -0.508 e. The fraction of sp³-hybridized carbons (Fsp3) is 0.364. The number of nitrogens with one attached hydrogen (secondary N) is 2. The third-order valence-electron chi connectivity index (χ3n) is 5.03. The maximum Gasteiger partial charge on any atom is 0.164 e. The second-order valence-electron chi connectivity index (χ2n) is 6.92. The van der Waals surface area contributed by atoms with Crippen LogP contribution >= 0.6 is 0 Å². The quantitative estimate of drug-likeness (QED) is 0.363. The zero-order valence-electron chi connectivity index (χ0n) is 18.1. The lowest BCUT2D eigenvalue weighted by molar-refractivity contribution is -0.106. The number of H-pyrrole nitrogens is 1. The summed E-state index contributed by atoms with van der Waals surface area (Å²) < 4.78 is 1.99. The Kier molecular flexibility index (Phi) is 7.19. The van der Waals surface area contributed by atoms with Gasteiger partial charge in [0.05, 0.1) is 17.1 Å². The van der Waals surface area contributed by atoms with E-state index in [1.807, 2.05) is 30.7 Å². The number of phenolic OH excluding ortho intramolecular Hbond substituents is 1. The number of piperidine rings is 1. The molecule has 0 saturated carbocycles. The SMILES string of the molecule is CC.CC=O.Nc1ncnc2c1c(-c1cc3cc(O)ccc3[nH]1)nn2C1CCNCC1. The molecule has 0 unspecified atom stereocenters. The summed E-state index contributed by atoms with van der Waals surface area (Å²) in [6.07, 6.45) is 4.24. The first-order valence-electron chi connectivity index (χ1n) is 10.5. The van der Waals surface area contributed by atoms with Gasteiger partial charge in [-0.05, 0) is 57.1 Å². The number of anilines is 1. The summed E-state index contributed by atoms with van der Waals surface area (Å²) in [5.74, 6) is 0.655. The molecule has 0 amide bonds. The lowest BCUT2D eigenvalue weighted by atomic mass is 10.1. The minimum absolute atomic E-state index is 0.232. The molecule has 164 valence electrons. The summed E-state index contributed by atoms with van der Waals surface area (Å²) in [6.45, 7) is 7.38. The van der Waals surface area contributed by atoms with E-state index >= 15 is 0 Å². The van der Waals surface area contributed by atoms with E-state index in [0.717, 1.165) is 65.5 Å². The third kappa shape index (κ3) is 4.51. The van der Waals surface area contributed by atoms with Gasteiger partial charge in [-0.1, -0.05) is 13.8 Å². The van der Waals surface area contributed by atoms with Gasteiger partial charge in [-0.2, -0.15) is 5.10 Å². The van der Waals surface area contributed by atoms with Gasteiger partial charge < -0.3 is 25.9 Å². The van der Waals surface area contributed by atoms with Crippen molar-refractivity contribution in [1.82, 2.24) is 30.0 Å². The lowest BCUT2D eigenvalue weighted by Gasteiger charge is -2.23. The van der Waals surface area contributed by atoms with Crippen molar-refractivity contribution in [1.29, 1.82) is 0 Å². The average Bonchev–Trinajstić information content (AvgIpc) is 3.38. The zero-order valence-corrected chi connectivity index (χ0v) is 18.1. The number of phenols is 1. The number of nitrogens with zero attached hydrogens (tertiary/aromatic N) is 4. The topological polar surface area (TPSA) is 135 Å². The molecule has 3 aromatic heterocycles. The predicted molar refractivity (Wildman–Crippen MR) is 123 cm³/mol. The zero-order chi connectivity index (χ0) is 22.4. The van der Waals surface area contributed by atoms with Crippen molar-refractivity contribution in [3.8, 4) is 17.1 Å². The normalized spacial score (nSPS) is 13.9. The van der Waals surface area contributed by atoms with E-state index in [2.05, 4.69) is 20.3 Å². The molecule has 0 atom stereocenters. The van der Waals surface area contributed by atoms with Crippen LogP contribution in [0.3, 0.4) is 0 Å². The number of nitrogens with two attached hydrogens (primary N) is 1. The number of carbonyl (C=O) groups is 1. The Morgan fingerprint density at radius 2 is 1.90 bits per heavy atom. The molecular weight excluding hydrogens is 394 g/mol. The highest BCUT2D eigenvalue weighted by atomic mass is 16.3. The van der Waals surface area contributed by atoms with Crippen molar-refractivity contribution >= 4 is 34.0 Å². The number of aromatic nitrogens is 5. The van der Waals surface area contributed by atoms with E-state index in [0.29, 0.717) is 5.82 Å². The number of carbonyl (C=O) groups excluding carboxylic acids is 1. The number of fused-ring (bicyclic) bond motifs is 2. The number of aromatic amines is 1. The summed E-state index contributed by atoms with van der Waals surface area (Å²) in [7, 11) is 0. The van der Waals surface area contributed by atoms with E-state index in [1.165, 1.54) is 13.3 Å². The van der Waals surface area contributed by atoms with Crippen LogP contribution in [-0.2, 0) is 4.79 Å². The highest BCUT2D eigenvalue weighted by Gasteiger charge is 2.24. The molecule has 9 heteroatoms. The molecule has 5 rings (SSSR count). The Morgan fingerprint density at radius 3 is 2.61 bits per heavy atom. The van der Waals surface area contributed by atoms with Crippen molar-refractivity contribution in [3.63, 3.8) is 0 Å². The number of nitrogen functional groups attached to an aromatic ring is 1. The monoisotopic (exact) mass is 423 g/mol. The van der Waals surface area contributed by atoms with Crippen LogP contribution in [0, 0.1) is 0 Å². The van der Waals surface area contributed by atoms with Gasteiger partial charge in [0.15, 0.2) is 5.65 Å². The average molecular weight is 424 g/mol. The van der Waals surface area contributed by atoms with Crippen LogP contribution in [0.1, 0.15) is 39.7 Å². The second kappa shape index (κ2) is 10.0. The van der Waals surface area contributed by atoms with E-state index in [1.54, 1.807) is 12.1 Å². The molecule has 9 nitrogen and oxygen atoms in total. The summed E-state index contributed by atoms with van der Waals surface area (Å²) in [5.41, 5.74) is 9.46. The Labute approximate surface area is 180 Å². The van der Waals surface area contributed by atoms with Crippen LogP contribution in [0.25, 0.3) is 33.3 Å². The van der Waals surface area contributed by atoms with Gasteiger partial charge in [-0.25, -0.2) is 14.6 Å². The summed E-state index contributed by atoms with van der Waals surface area (Å²) >= 11 is 0. The molecule has 1 aliphatic rings. The highest BCUT2D eigenvalue weighted by molar-refractivity contribution is 6.00. The molecule has 4 heterocycles. The third-order valence-corrected chi connectivity index (χ3v) is 5.03. The van der Waals surface area contributed by atoms with E-state index in [-0.39, 0.29) is 11.8 Å². The van der Waals surface area contributed by atoms with Crippen molar-refractivity contribution in [2.45, 2.75) is 39.7 Å². The number of hydrogen-bond acceptors (Lipinski definition) is 7. The molecule has 5 N–H and O–H groups in total. The molecule has 4 aromatic rings. The van der Waals surface area contributed by atoms with Crippen LogP contribution in [0.15, 0.2) is 30.6 Å². The van der Waals surface area contributed by atoms with Crippen molar-refractivity contribution in [2.75, 3.05) is 18.8 Å². The molecule has 1 aromatic carbocycles. The van der Waals surface area contributed by atoms with Crippen LogP contribution in [0.4, 0.5) is 5.82 Å². The van der Waals surface area contributed by atoms with Gasteiger partial charge in [0.1, 0.15) is 29.9 Å². The molecule has 0 bridgehead atoms. The summed E-state index contributed by atoms with van der Waals surface area (Å²) in [4.78, 5) is 20.8. The van der Waals surface area contributed by atoms with Gasteiger partial charge in [0.25, 0.3) is 0 Å². The summed E-state index contributed by atoms with van der Waals surface area (Å²) in [5, 5.41) is 19.7. The molecule has 0 aliphatic carbocycles. The standard InChI is InChI=1S/C18H19N7O.C2H4O.C2H6/c19-17-15-16(14-8-10-7-12(26)1-2-13(10)23-14)24-25(18(15)22-9-21-17)11-3-5-20-6-4-11;1-2-3;1-2/h1-2,7-9,11,20,23,26H,3-6H2,(H2,19,21,22);2H,1H3;1-2H3. The highest BCUT2D eigenvalue weighted by Crippen LogP contribution is 2.34. The van der Waals surface area contributed by atoms with Crippen molar-refractivity contribution in [3.05, 3.63) is 30.6 Å². The number of benzene rings is 1. The van der Waals surface area contributed by atoms with E-state index in [4.69, 9.17) is 15.6 Å². The van der Waals surface area contributed by atoms with Crippen molar-refractivity contribution < 1.29 is 9.90 Å². The molecule has 1 aliphatic heterocycles. The first-order valence-corrected chi connectivity index (χ1v) is 10.5. The van der Waals surface area contributed by atoms with Crippen LogP contribution in [-0.4, -0.2) is 49.2 Å². The number of hydrogen-bond donors (Lipinski definition) is 4. The molecule has 0 spiro atoms. The minimum atomic E-state index is 0.232. The van der Waals surface area contributed by atoms with Crippen molar-refractivity contribution in [2.24, 2.45) is 0 Å². The number of rotatable bonds is 2. The van der Waals surface area contributed by atoms with Crippen LogP contribution in [0.5, 0.6) is 5.75 Å². The van der Waals surface area contributed by atoms with Gasteiger partial charge >= 0.3 is 0 Å². The Hall–Kier alpha value is -3.46. The maximum atomic E-state index is 9.72. The first kappa shape index (κ1) is 22.2. The molecule has 1 saturated heterocycles. The van der Waals surface area contributed by atoms with Crippen LogP contribution in [0.2, 0.25) is 0 Å². The fourth-order valence-corrected chi connectivity index (χ4v) is 3.74. The van der Waals surface area contributed by atoms with Gasteiger partial charge in [0.2, 0.25) is 0 Å². The fourth-order valence-electron chi connectivity index (χ4n) is 3.74. The molecule has 31 heavy (non-hydrogen) atoms. The van der Waals surface area contributed by atoms with E-state index < -0.39 is 0 Å². The lowest BCUT2D eigenvalue weighted by Crippen LogP contribution is -2.30. The largest absolute Gasteiger partial charge is 0.508 e. The van der Waals surface area contributed by atoms with E-state index in [9.17, 15) is 5.11 Å². The summed E-state index contributed by atoms with van der Waals surface area (Å²) in [6, 6.07) is 7.48. The van der Waals surface area contributed by atoms with Gasteiger partial charge in [0, 0.05) is 10.9 Å². The maximum absolute atomic E-state index is 9.72. The van der Waals surface area contributed by atoms with Gasteiger partial charge in [-0.3, -0.25) is 0 Å². The second-order valence-corrected chi connectivity index (χ2v) is 6.92. The number of aldehydes is 1. The Bertz CT molecular complexity index is 1160. The first-order chi connectivity index (χ1) is 15.1. The molecule has 1 fully saturated rings. The Morgan fingerprint density at radius 1 is 1.19 bits per heavy atom. The van der Waals surface area contributed by atoms with Gasteiger partial charge in [-0.15, -0.1) is 0 Å². The number of aromatic hydroxyl groups is 1. The Balaban J connectivity index is 0.000000504. The smallest absolute Gasteiger partial charge is 0.164 e. The molecular formula is C22H29N7O2. The molecule has 0 radical (unpaired) electrons. The van der Waals surface area contributed by atoms with Crippen LogP contribution < -0.4 is 11.1 Å². The predicted octanol–water partition coefficient (Wildman–Crippen LogP) is 3.42.